The lowest BCUT2D eigenvalue weighted by Crippen LogP contribution is -2.39. The molecule has 0 atom stereocenters. The Morgan fingerprint density at radius 3 is 2.59 bits per heavy atom. The third kappa shape index (κ3) is 4.35. The molecule has 4 rings (SSSR count). The second-order valence-electron chi connectivity index (χ2n) is 6.84. The molecule has 1 aliphatic heterocycles. The van der Waals surface area contributed by atoms with Gasteiger partial charge in [0, 0.05) is 33.5 Å². The van der Waals surface area contributed by atoms with Gasteiger partial charge in [0.2, 0.25) is 0 Å². The fourth-order valence-electron chi connectivity index (χ4n) is 3.46. The molecule has 0 amide bonds. The van der Waals surface area contributed by atoms with Crippen molar-refractivity contribution in [1.29, 1.82) is 0 Å². The van der Waals surface area contributed by atoms with Gasteiger partial charge < -0.3 is 4.90 Å². The van der Waals surface area contributed by atoms with Crippen molar-refractivity contribution in [1.82, 2.24) is 4.98 Å². The van der Waals surface area contributed by atoms with Crippen molar-refractivity contribution in [3.8, 4) is 11.3 Å². The molecule has 0 radical (unpaired) electrons. The summed E-state index contributed by atoms with van der Waals surface area (Å²) in [5.74, 6) is -0.403. The Hall–Kier alpha value is -1.48. The van der Waals surface area contributed by atoms with Crippen LogP contribution >= 0.6 is 38.9 Å². The highest BCUT2D eigenvalue weighted by molar-refractivity contribution is 9.10. The first-order valence-electron chi connectivity index (χ1n) is 9.00. The molecule has 3 aromatic rings. The topological polar surface area (TPSA) is 50.3 Å². The number of sulfone groups is 1. The minimum absolute atomic E-state index is 0.327. The number of hydrogen-bond acceptors (Lipinski definition) is 5. The summed E-state index contributed by atoms with van der Waals surface area (Å²) in [6.07, 6.45) is 1.06. The number of hydrogen-bond donors (Lipinski definition) is 0. The zero-order chi connectivity index (χ0) is 20.6. The Balaban J connectivity index is 1.48. The first kappa shape index (κ1) is 20.8. The van der Waals surface area contributed by atoms with Gasteiger partial charge in [-0.25, -0.2) is 17.8 Å². The smallest absolute Gasteiger partial charge is 0.185 e. The van der Waals surface area contributed by atoms with E-state index in [1.54, 1.807) is 30.3 Å². The maximum atomic E-state index is 13.6. The molecule has 0 spiro atoms. The van der Waals surface area contributed by atoms with Crippen molar-refractivity contribution in [3.05, 3.63) is 63.2 Å². The Kier molecular flexibility index (Phi) is 5.97. The number of halogens is 3. The minimum atomic E-state index is -3.39. The highest BCUT2D eigenvalue weighted by Gasteiger charge is 2.33. The van der Waals surface area contributed by atoms with E-state index in [1.807, 2.05) is 5.38 Å². The molecule has 9 heteroatoms. The van der Waals surface area contributed by atoms with Crippen LogP contribution in [0.15, 0.2) is 57.2 Å². The number of rotatable bonds is 4. The van der Waals surface area contributed by atoms with Gasteiger partial charge in [0.25, 0.3) is 0 Å². The molecule has 0 unspecified atom stereocenters. The van der Waals surface area contributed by atoms with Crippen molar-refractivity contribution >= 4 is 53.8 Å². The number of thiazole rings is 1. The molecule has 0 saturated carbocycles. The summed E-state index contributed by atoms with van der Waals surface area (Å²) in [5, 5.41) is 2.58. The molecule has 29 heavy (non-hydrogen) atoms. The average Bonchev–Trinajstić information content (AvgIpc) is 3.18. The summed E-state index contributed by atoms with van der Waals surface area (Å²) in [6, 6.07) is 11.3. The predicted octanol–water partition coefficient (Wildman–Crippen LogP) is 5.81. The fraction of sp³-hybridized carbons (Fsp3) is 0.250. The molecule has 1 aromatic heterocycles. The molecule has 1 aliphatic rings. The van der Waals surface area contributed by atoms with Crippen LogP contribution in [0.4, 0.5) is 9.52 Å². The van der Waals surface area contributed by atoms with E-state index in [-0.39, 0.29) is 0 Å². The number of aromatic nitrogens is 1. The van der Waals surface area contributed by atoms with Gasteiger partial charge in [-0.1, -0.05) is 23.7 Å². The Morgan fingerprint density at radius 1 is 1.17 bits per heavy atom. The summed E-state index contributed by atoms with van der Waals surface area (Å²) in [6.45, 7) is 1.20. The van der Waals surface area contributed by atoms with Gasteiger partial charge in [0.15, 0.2) is 15.0 Å². The Labute approximate surface area is 186 Å². The fourth-order valence-corrected chi connectivity index (χ4v) is 7.33. The van der Waals surface area contributed by atoms with E-state index >= 15 is 0 Å². The average molecular weight is 516 g/mol. The maximum absolute atomic E-state index is 13.6. The van der Waals surface area contributed by atoms with Crippen LogP contribution in [0.2, 0.25) is 5.02 Å². The summed E-state index contributed by atoms with van der Waals surface area (Å²) in [7, 11) is -3.39. The monoisotopic (exact) mass is 514 g/mol. The summed E-state index contributed by atoms with van der Waals surface area (Å²) in [5.41, 5.74) is 1.29. The maximum Gasteiger partial charge on any atom is 0.185 e. The third-order valence-electron chi connectivity index (χ3n) is 4.94. The number of benzene rings is 2. The van der Waals surface area contributed by atoms with Gasteiger partial charge >= 0.3 is 0 Å². The molecule has 0 aliphatic carbocycles. The second-order valence-corrected chi connectivity index (χ2v) is 11.2. The van der Waals surface area contributed by atoms with Crippen LogP contribution < -0.4 is 4.90 Å². The van der Waals surface area contributed by atoms with E-state index in [0.29, 0.717) is 51.6 Å². The van der Waals surface area contributed by atoms with E-state index in [0.717, 1.165) is 5.13 Å². The Bertz CT molecular complexity index is 1120. The zero-order valence-corrected chi connectivity index (χ0v) is 19.2. The quantitative estimate of drug-likeness (QED) is 0.440. The molecule has 4 nitrogen and oxygen atoms in total. The lowest BCUT2D eigenvalue weighted by molar-refractivity contribution is 0.529. The lowest BCUT2D eigenvalue weighted by Gasteiger charge is -2.31. The highest BCUT2D eigenvalue weighted by atomic mass is 79.9. The van der Waals surface area contributed by atoms with Crippen LogP contribution in [-0.4, -0.2) is 31.7 Å². The SMILES string of the molecule is O=S(=O)(c1ccccc1Br)C1CCN(c2nc(-c3cc(F)cc(Cl)c3)cs2)CC1. The van der Waals surface area contributed by atoms with Crippen molar-refractivity contribution in [2.75, 3.05) is 18.0 Å². The molecular formula is C20H17BrClFN2O2S2. The molecule has 1 fully saturated rings. The van der Waals surface area contributed by atoms with Gasteiger partial charge in [0.05, 0.1) is 15.8 Å². The Morgan fingerprint density at radius 2 is 1.90 bits per heavy atom. The molecule has 1 saturated heterocycles. The highest BCUT2D eigenvalue weighted by Crippen LogP contribution is 2.34. The minimum Gasteiger partial charge on any atom is -0.348 e. The summed E-state index contributed by atoms with van der Waals surface area (Å²) < 4.78 is 40.2. The molecule has 2 aromatic carbocycles. The number of nitrogens with zero attached hydrogens (tertiary/aromatic N) is 2. The van der Waals surface area contributed by atoms with Crippen molar-refractivity contribution in [3.63, 3.8) is 0 Å². The molecular weight excluding hydrogens is 499 g/mol. The van der Waals surface area contributed by atoms with E-state index in [1.165, 1.54) is 23.5 Å². The van der Waals surface area contributed by atoms with Crippen LogP contribution in [-0.2, 0) is 9.84 Å². The summed E-state index contributed by atoms with van der Waals surface area (Å²) in [4.78, 5) is 7.04. The van der Waals surface area contributed by atoms with E-state index in [9.17, 15) is 12.8 Å². The van der Waals surface area contributed by atoms with Crippen LogP contribution in [0.1, 0.15) is 12.8 Å². The van der Waals surface area contributed by atoms with Crippen molar-refractivity contribution in [2.24, 2.45) is 0 Å². The first-order chi connectivity index (χ1) is 13.8. The van der Waals surface area contributed by atoms with Gasteiger partial charge in [0.1, 0.15) is 5.82 Å². The third-order valence-corrected chi connectivity index (χ3v) is 9.34. The molecule has 152 valence electrons. The molecule has 0 bridgehead atoms. The van der Waals surface area contributed by atoms with Gasteiger partial charge in [-0.2, -0.15) is 0 Å². The standard InChI is InChI=1S/C20H17BrClFN2O2S2/c21-17-3-1-2-4-19(17)29(26,27)16-5-7-25(8-6-16)20-24-18(12-28-20)13-9-14(22)11-15(23)10-13/h1-4,9-12,16H,5-8H2. The largest absolute Gasteiger partial charge is 0.348 e. The predicted molar refractivity (Wildman–Crippen MR) is 119 cm³/mol. The lowest BCUT2D eigenvalue weighted by atomic mass is 10.1. The van der Waals surface area contributed by atoms with Gasteiger partial charge in [-0.15, -0.1) is 11.3 Å². The summed E-state index contributed by atoms with van der Waals surface area (Å²) >= 11 is 10.8. The molecule has 2 heterocycles. The normalized spacial score (nSPS) is 15.6. The van der Waals surface area contributed by atoms with Gasteiger partial charge in [-0.3, -0.25) is 0 Å². The number of piperidine rings is 1. The van der Waals surface area contributed by atoms with Crippen molar-refractivity contribution < 1.29 is 12.8 Å². The zero-order valence-electron chi connectivity index (χ0n) is 15.2. The van der Waals surface area contributed by atoms with Crippen LogP contribution in [0, 0.1) is 5.82 Å². The first-order valence-corrected chi connectivity index (χ1v) is 12.6. The van der Waals surface area contributed by atoms with Crippen LogP contribution in [0.5, 0.6) is 0 Å². The molecule has 0 N–H and O–H groups in total. The number of anilines is 1. The van der Waals surface area contributed by atoms with Crippen molar-refractivity contribution in [2.45, 2.75) is 23.0 Å². The van der Waals surface area contributed by atoms with E-state index in [4.69, 9.17) is 11.6 Å². The van der Waals surface area contributed by atoms with Crippen LogP contribution in [0.25, 0.3) is 11.3 Å². The van der Waals surface area contributed by atoms with Gasteiger partial charge in [-0.05, 0) is 59.1 Å². The second kappa shape index (κ2) is 8.34. The van der Waals surface area contributed by atoms with E-state index < -0.39 is 20.9 Å². The van der Waals surface area contributed by atoms with Crippen LogP contribution in [0.3, 0.4) is 0 Å². The van der Waals surface area contributed by atoms with E-state index in [2.05, 4.69) is 25.8 Å².